The van der Waals surface area contributed by atoms with Crippen molar-refractivity contribution in [3.8, 4) is 0 Å². The van der Waals surface area contributed by atoms with E-state index >= 15 is 0 Å². The first-order valence-electron chi connectivity index (χ1n) is 11.0. The van der Waals surface area contributed by atoms with E-state index in [1.807, 2.05) is 0 Å². The molecular weight excluding hydrogens is 453 g/mol. The van der Waals surface area contributed by atoms with Crippen molar-refractivity contribution in [3.05, 3.63) is 62.0 Å². The fraction of sp³-hybridized carbons (Fsp3) is 0.435. The predicted octanol–water partition coefficient (Wildman–Crippen LogP) is 3.84. The molecule has 0 bridgehead atoms. The maximum atomic E-state index is 13.3. The summed E-state index contributed by atoms with van der Waals surface area (Å²) in [7, 11) is 0. The highest BCUT2D eigenvalue weighted by atomic mass is 32.1. The number of carbonyl (C=O) groups excluding carboxylic acids is 1. The lowest BCUT2D eigenvalue weighted by molar-refractivity contribution is -0.138. The topological polar surface area (TPSA) is 69.3 Å². The number of alkyl halides is 3. The summed E-state index contributed by atoms with van der Waals surface area (Å²) in [6.45, 7) is 2.02. The Morgan fingerprint density at radius 2 is 1.82 bits per heavy atom. The van der Waals surface area contributed by atoms with Gasteiger partial charge in [0.2, 0.25) is 0 Å². The highest BCUT2D eigenvalue weighted by molar-refractivity contribution is 7.18. The van der Waals surface area contributed by atoms with Gasteiger partial charge in [0.1, 0.15) is 10.7 Å². The van der Waals surface area contributed by atoms with Crippen LogP contribution in [0.4, 0.5) is 13.2 Å². The molecule has 3 aromatic rings. The highest BCUT2D eigenvalue weighted by Crippen LogP contribution is 2.34. The highest BCUT2D eigenvalue weighted by Gasteiger charge is 2.36. The van der Waals surface area contributed by atoms with Gasteiger partial charge in [0.15, 0.2) is 0 Å². The van der Waals surface area contributed by atoms with Crippen LogP contribution in [0.15, 0.2) is 29.1 Å². The van der Waals surface area contributed by atoms with Gasteiger partial charge in [-0.1, -0.05) is 12.1 Å². The van der Waals surface area contributed by atoms with Crippen LogP contribution < -0.4 is 5.56 Å². The summed E-state index contributed by atoms with van der Waals surface area (Å²) in [4.78, 5) is 38.6. The van der Waals surface area contributed by atoms with E-state index in [1.165, 1.54) is 28.0 Å². The van der Waals surface area contributed by atoms with Crippen molar-refractivity contribution in [2.24, 2.45) is 0 Å². The minimum absolute atomic E-state index is 0.105. The molecule has 6 nitrogen and oxygen atoms in total. The summed E-state index contributed by atoms with van der Waals surface area (Å²) in [5, 5.41) is 0.720. The SMILES string of the molecule is O=C(c1ccccc1C(F)(F)F)N1CCN(Cc2nc3sc4c(c3c(=O)[nH]2)CCCC4)CC1. The molecule has 33 heavy (non-hydrogen) atoms. The molecular formula is C23H23F3N4O2S. The van der Waals surface area contributed by atoms with Crippen LogP contribution in [0.3, 0.4) is 0 Å². The molecule has 10 heteroatoms. The minimum atomic E-state index is -4.58. The van der Waals surface area contributed by atoms with Crippen LogP contribution in [-0.4, -0.2) is 51.9 Å². The van der Waals surface area contributed by atoms with Crippen molar-refractivity contribution in [1.29, 1.82) is 0 Å². The third kappa shape index (κ3) is 4.29. The maximum absolute atomic E-state index is 13.3. The first-order chi connectivity index (χ1) is 15.8. The number of nitrogens with zero attached hydrogens (tertiary/aromatic N) is 3. The summed E-state index contributed by atoms with van der Waals surface area (Å²) in [6, 6.07) is 4.89. The molecule has 1 aliphatic heterocycles. The lowest BCUT2D eigenvalue weighted by Gasteiger charge is -2.34. The molecule has 0 spiro atoms. The lowest BCUT2D eigenvalue weighted by Crippen LogP contribution is -2.48. The molecule has 1 aliphatic carbocycles. The van der Waals surface area contributed by atoms with Crippen molar-refractivity contribution in [3.63, 3.8) is 0 Å². The molecule has 0 saturated carbocycles. The molecule has 5 rings (SSSR count). The van der Waals surface area contributed by atoms with Crippen molar-refractivity contribution < 1.29 is 18.0 Å². The Morgan fingerprint density at radius 3 is 2.58 bits per heavy atom. The standard InChI is InChI=1S/C23H23F3N4O2S/c24-23(25,26)16-7-3-1-5-14(16)22(32)30-11-9-29(10-12-30)13-18-27-20(31)19-15-6-2-4-8-17(15)33-21(19)28-18/h1,3,5,7H,2,4,6,8-13H2,(H,27,28,31). The molecule has 2 aliphatic rings. The number of nitrogens with one attached hydrogen (secondary N) is 1. The number of hydrogen-bond donors (Lipinski definition) is 1. The fourth-order valence-electron chi connectivity index (χ4n) is 4.69. The Labute approximate surface area is 192 Å². The summed E-state index contributed by atoms with van der Waals surface area (Å²) in [6.07, 6.45) is -0.422. The van der Waals surface area contributed by atoms with E-state index < -0.39 is 17.6 Å². The molecule has 174 valence electrons. The van der Waals surface area contributed by atoms with Gasteiger partial charge in [-0.05, 0) is 43.4 Å². The van der Waals surface area contributed by atoms with E-state index in [-0.39, 0.29) is 11.1 Å². The maximum Gasteiger partial charge on any atom is 0.417 e. The van der Waals surface area contributed by atoms with Crippen molar-refractivity contribution in [2.45, 2.75) is 38.4 Å². The summed E-state index contributed by atoms with van der Waals surface area (Å²) < 4.78 is 39.9. The van der Waals surface area contributed by atoms with Crippen LogP contribution in [0.25, 0.3) is 10.2 Å². The van der Waals surface area contributed by atoms with Crippen LogP contribution >= 0.6 is 11.3 Å². The third-order valence-electron chi connectivity index (χ3n) is 6.37. The lowest BCUT2D eigenvalue weighted by atomic mass is 9.97. The monoisotopic (exact) mass is 476 g/mol. The number of thiophene rings is 1. The van der Waals surface area contributed by atoms with Gasteiger partial charge in [-0.3, -0.25) is 14.5 Å². The molecule has 3 heterocycles. The van der Waals surface area contributed by atoms with Crippen molar-refractivity contribution in [1.82, 2.24) is 19.8 Å². The molecule has 1 amide bonds. The van der Waals surface area contributed by atoms with E-state index in [2.05, 4.69) is 9.88 Å². The normalized spacial score (nSPS) is 17.4. The van der Waals surface area contributed by atoms with Crippen LogP contribution in [-0.2, 0) is 25.6 Å². The summed E-state index contributed by atoms with van der Waals surface area (Å²) in [5.74, 6) is -0.0343. The van der Waals surface area contributed by atoms with Gasteiger partial charge in [0.25, 0.3) is 11.5 Å². The quantitative estimate of drug-likeness (QED) is 0.624. The van der Waals surface area contributed by atoms with Gasteiger partial charge in [-0.25, -0.2) is 4.98 Å². The molecule has 0 radical (unpaired) electrons. The number of piperazine rings is 1. The second-order valence-corrected chi connectivity index (χ2v) is 9.60. The number of aromatic amines is 1. The second kappa shape index (κ2) is 8.57. The smallest absolute Gasteiger partial charge is 0.336 e. The zero-order valence-corrected chi connectivity index (χ0v) is 18.7. The number of carbonyl (C=O) groups is 1. The molecule has 2 aromatic heterocycles. The van der Waals surface area contributed by atoms with E-state index in [9.17, 15) is 22.8 Å². The molecule has 1 N–H and O–H groups in total. The van der Waals surface area contributed by atoms with Gasteiger partial charge in [0, 0.05) is 31.1 Å². The van der Waals surface area contributed by atoms with Gasteiger partial charge >= 0.3 is 6.18 Å². The van der Waals surface area contributed by atoms with Crippen LogP contribution in [0.1, 0.15) is 45.0 Å². The number of amides is 1. The molecule has 0 unspecified atom stereocenters. The first kappa shape index (κ1) is 22.1. The number of H-pyrrole nitrogens is 1. The van der Waals surface area contributed by atoms with Crippen molar-refractivity contribution in [2.75, 3.05) is 26.2 Å². The number of halogens is 3. The zero-order chi connectivity index (χ0) is 23.2. The summed E-state index contributed by atoms with van der Waals surface area (Å²) in [5.41, 5.74) is -0.192. The molecule has 0 atom stereocenters. The van der Waals surface area contributed by atoms with Gasteiger partial charge in [0.05, 0.1) is 23.1 Å². The average molecular weight is 477 g/mol. The Morgan fingerprint density at radius 1 is 1.09 bits per heavy atom. The number of aryl methyl sites for hydroxylation is 2. The predicted molar refractivity (Wildman–Crippen MR) is 120 cm³/mol. The minimum Gasteiger partial charge on any atom is -0.336 e. The second-order valence-electron chi connectivity index (χ2n) is 8.52. The largest absolute Gasteiger partial charge is 0.417 e. The summed E-state index contributed by atoms with van der Waals surface area (Å²) >= 11 is 1.60. The fourth-order valence-corrected chi connectivity index (χ4v) is 5.97. The Hall–Kier alpha value is -2.72. The van der Waals surface area contributed by atoms with Gasteiger partial charge in [-0.15, -0.1) is 11.3 Å². The number of fused-ring (bicyclic) bond motifs is 3. The zero-order valence-electron chi connectivity index (χ0n) is 17.9. The van der Waals surface area contributed by atoms with E-state index in [1.54, 1.807) is 11.3 Å². The van der Waals surface area contributed by atoms with Gasteiger partial charge < -0.3 is 9.88 Å². The number of hydrogen-bond acceptors (Lipinski definition) is 5. The Kier molecular flexibility index (Phi) is 5.74. The van der Waals surface area contributed by atoms with E-state index in [0.29, 0.717) is 38.5 Å². The van der Waals surface area contributed by atoms with Crippen LogP contribution in [0.2, 0.25) is 0 Å². The number of rotatable bonds is 3. The molecule has 1 saturated heterocycles. The number of benzene rings is 1. The van der Waals surface area contributed by atoms with Gasteiger partial charge in [-0.2, -0.15) is 13.2 Å². The van der Waals surface area contributed by atoms with E-state index in [4.69, 9.17) is 4.98 Å². The van der Waals surface area contributed by atoms with Crippen LogP contribution in [0, 0.1) is 0 Å². The van der Waals surface area contributed by atoms with E-state index in [0.717, 1.165) is 47.5 Å². The Balaban J connectivity index is 1.27. The first-order valence-corrected chi connectivity index (χ1v) is 11.8. The molecule has 1 aromatic carbocycles. The number of aromatic nitrogens is 2. The third-order valence-corrected chi connectivity index (χ3v) is 7.56. The molecule has 1 fully saturated rings. The van der Waals surface area contributed by atoms with Crippen molar-refractivity contribution >= 4 is 27.5 Å². The average Bonchev–Trinajstić information content (AvgIpc) is 3.17. The Bertz CT molecular complexity index is 1260. The van der Waals surface area contributed by atoms with Crippen LogP contribution in [0.5, 0.6) is 0 Å².